The summed E-state index contributed by atoms with van der Waals surface area (Å²) in [6, 6.07) is 14.1. The van der Waals surface area contributed by atoms with Gasteiger partial charge in [0.05, 0.1) is 18.1 Å². The number of para-hydroxylation sites is 1. The van der Waals surface area contributed by atoms with E-state index >= 15 is 0 Å². The van der Waals surface area contributed by atoms with Gasteiger partial charge < -0.3 is 14.2 Å². The number of nitrogens with zero attached hydrogens (tertiary/aromatic N) is 6. The number of hydrogen-bond acceptors (Lipinski definition) is 7. The number of pyridine rings is 1. The summed E-state index contributed by atoms with van der Waals surface area (Å²) in [4.78, 5) is 29.5. The van der Waals surface area contributed by atoms with Crippen molar-refractivity contribution >= 4 is 34.6 Å². The summed E-state index contributed by atoms with van der Waals surface area (Å²) in [7, 11) is 1.55. The molecule has 1 unspecified atom stereocenters. The summed E-state index contributed by atoms with van der Waals surface area (Å²) < 4.78 is 7.04. The zero-order chi connectivity index (χ0) is 22.8. The molecule has 1 atom stereocenters. The van der Waals surface area contributed by atoms with Crippen molar-refractivity contribution in [3.8, 4) is 17.1 Å². The molecule has 0 saturated carbocycles. The molecule has 4 aromatic rings. The Balaban J connectivity index is 1.35. The van der Waals surface area contributed by atoms with Gasteiger partial charge in [0, 0.05) is 61.6 Å². The molecule has 3 aromatic heterocycles. The fourth-order valence-corrected chi connectivity index (χ4v) is 4.51. The van der Waals surface area contributed by atoms with Crippen LogP contribution in [-0.4, -0.2) is 64.0 Å². The Morgan fingerprint density at radius 2 is 1.79 bits per heavy atom. The third kappa shape index (κ3) is 4.15. The molecule has 8 nitrogen and oxygen atoms in total. The van der Waals surface area contributed by atoms with E-state index in [1.807, 2.05) is 35.0 Å². The van der Waals surface area contributed by atoms with Crippen molar-refractivity contribution in [2.24, 2.45) is 0 Å². The van der Waals surface area contributed by atoms with Gasteiger partial charge in [-0.15, -0.1) is 0 Å². The molecule has 4 heterocycles. The number of anilines is 1. The smallest absolute Gasteiger partial charge is 0.316 e. The fourth-order valence-electron chi connectivity index (χ4n) is 4.35. The fraction of sp³-hybridized carbons (Fsp3) is 0.250. The van der Waals surface area contributed by atoms with Gasteiger partial charge in [-0.1, -0.05) is 29.8 Å². The minimum absolute atomic E-state index is 0.347. The molecule has 1 saturated heterocycles. The van der Waals surface area contributed by atoms with Crippen molar-refractivity contribution in [1.29, 1.82) is 0 Å². The van der Waals surface area contributed by atoms with Gasteiger partial charge in [0.25, 0.3) is 0 Å². The molecule has 1 aliphatic heterocycles. The van der Waals surface area contributed by atoms with Gasteiger partial charge in [0.1, 0.15) is 11.3 Å². The lowest BCUT2D eigenvalue weighted by molar-refractivity contribution is -0.115. The molecule has 0 bridgehead atoms. The molecule has 33 heavy (non-hydrogen) atoms. The number of methoxy groups -OCH3 is 1. The van der Waals surface area contributed by atoms with Crippen molar-refractivity contribution in [2.45, 2.75) is 6.17 Å². The third-order valence-electron chi connectivity index (χ3n) is 6.00. The zero-order valence-electron chi connectivity index (χ0n) is 18.1. The van der Waals surface area contributed by atoms with Crippen molar-refractivity contribution in [3.63, 3.8) is 0 Å². The second-order valence-electron chi connectivity index (χ2n) is 7.81. The quantitative estimate of drug-likeness (QED) is 0.319. The van der Waals surface area contributed by atoms with E-state index in [0.29, 0.717) is 11.2 Å². The molecule has 0 amide bonds. The summed E-state index contributed by atoms with van der Waals surface area (Å²) in [5, 5.41) is 0.442. The normalized spacial score (nSPS) is 15.5. The van der Waals surface area contributed by atoms with E-state index in [0.717, 1.165) is 60.3 Å². The molecule has 1 aromatic carbocycles. The van der Waals surface area contributed by atoms with Crippen LogP contribution < -0.4 is 9.64 Å². The van der Waals surface area contributed by atoms with E-state index in [2.05, 4.69) is 36.9 Å². The number of fused-ring (bicyclic) bond motifs is 1. The highest BCUT2D eigenvalue weighted by Crippen LogP contribution is 2.32. The Morgan fingerprint density at radius 1 is 1.03 bits per heavy atom. The molecule has 9 heteroatoms. The Labute approximate surface area is 196 Å². The average Bonchev–Trinajstić information content (AvgIpc) is 3.28. The number of aromatic nitrogens is 4. The molecule has 0 aliphatic carbocycles. The first-order valence-electron chi connectivity index (χ1n) is 10.7. The number of ether oxygens (including phenoxy) is 1. The van der Waals surface area contributed by atoms with Crippen LogP contribution in [0.3, 0.4) is 0 Å². The van der Waals surface area contributed by atoms with Gasteiger partial charge in [-0.2, -0.15) is 0 Å². The maximum absolute atomic E-state index is 12.1. The molecule has 1 fully saturated rings. The van der Waals surface area contributed by atoms with Gasteiger partial charge in [-0.05, 0) is 24.3 Å². The van der Waals surface area contributed by atoms with Crippen LogP contribution >= 0.6 is 11.6 Å². The highest BCUT2D eigenvalue weighted by atomic mass is 35.5. The summed E-state index contributed by atoms with van der Waals surface area (Å²) in [6.07, 6.45) is 6.06. The van der Waals surface area contributed by atoms with Gasteiger partial charge in [-0.3, -0.25) is 9.69 Å². The van der Waals surface area contributed by atoms with Crippen LogP contribution in [0.25, 0.3) is 22.2 Å². The van der Waals surface area contributed by atoms with Crippen LogP contribution in [0.1, 0.15) is 6.17 Å². The van der Waals surface area contributed by atoms with E-state index in [1.54, 1.807) is 25.6 Å². The first-order chi connectivity index (χ1) is 16.2. The third-order valence-corrected chi connectivity index (χ3v) is 6.21. The summed E-state index contributed by atoms with van der Waals surface area (Å²) in [6.45, 7) is 3.08. The van der Waals surface area contributed by atoms with Crippen molar-refractivity contribution in [2.75, 3.05) is 38.2 Å². The Bertz CT molecular complexity index is 1270. The standard InChI is InChI=1S/C24H23ClN6O2/c1-33-24-26-14-17(15-27-24)18-4-2-3-5-20(18)29-10-12-30(13-11-29)23(16-32)31-9-8-19-21(31)6-7-22(25)28-19/h2-9,14-16,23H,10-13H2,1H3. The van der Waals surface area contributed by atoms with Gasteiger partial charge in [0.15, 0.2) is 6.29 Å². The summed E-state index contributed by atoms with van der Waals surface area (Å²) in [5.41, 5.74) is 4.80. The van der Waals surface area contributed by atoms with E-state index < -0.39 is 6.17 Å². The molecule has 0 N–H and O–H groups in total. The van der Waals surface area contributed by atoms with E-state index in [1.165, 1.54) is 0 Å². The van der Waals surface area contributed by atoms with Crippen LogP contribution in [0.5, 0.6) is 6.01 Å². The summed E-state index contributed by atoms with van der Waals surface area (Å²) >= 11 is 6.02. The lowest BCUT2D eigenvalue weighted by Gasteiger charge is -2.39. The zero-order valence-corrected chi connectivity index (χ0v) is 18.9. The number of hydrogen-bond donors (Lipinski definition) is 0. The number of rotatable bonds is 6. The number of halogens is 1. The van der Waals surface area contributed by atoms with Crippen LogP contribution in [-0.2, 0) is 4.79 Å². The lowest BCUT2D eigenvalue weighted by atomic mass is 10.1. The van der Waals surface area contributed by atoms with E-state index in [9.17, 15) is 4.79 Å². The first-order valence-corrected chi connectivity index (χ1v) is 11.1. The molecule has 0 spiro atoms. The van der Waals surface area contributed by atoms with Crippen LogP contribution in [0.2, 0.25) is 5.15 Å². The van der Waals surface area contributed by atoms with Crippen molar-refractivity contribution in [1.82, 2.24) is 24.4 Å². The Hall–Kier alpha value is -3.49. The van der Waals surface area contributed by atoms with Gasteiger partial charge in [0.2, 0.25) is 0 Å². The van der Waals surface area contributed by atoms with E-state index in [-0.39, 0.29) is 0 Å². The molecule has 0 radical (unpaired) electrons. The van der Waals surface area contributed by atoms with E-state index in [4.69, 9.17) is 16.3 Å². The number of piperazine rings is 1. The topological polar surface area (TPSA) is 76.4 Å². The predicted molar refractivity (Wildman–Crippen MR) is 128 cm³/mol. The molecule has 168 valence electrons. The van der Waals surface area contributed by atoms with Crippen molar-refractivity contribution in [3.05, 3.63) is 66.2 Å². The van der Waals surface area contributed by atoms with Gasteiger partial charge in [-0.25, -0.2) is 15.0 Å². The number of aldehydes is 1. The second-order valence-corrected chi connectivity index (χ2v) is 8.20. The Morgan fingerprint density at radius 3 is 2.52 bits per heavy atom. The highest BCUT2D eigenvalue weighted by molar-refractivity contribution is 6.29. The molecule has 5 rings (SSSR count). The largest absolute Gasteiger partial charge is 0.467 e. The highest BCUT2D eigenvalue weighted by Gasteiger charge is 2.26. The predicted octanol–water partition coefficient (Wildman–Crippen LogP) is 3.68. The Kier molecular flexibility index (Phi) is 5.93. The van der Waals surface area contributed by atoms with Crippen LogP contribution in [0.15, 0.2) is 61.1 Å². The van der Waals surface area contributed by atoms with Crippen molar-refractivity contribution < 1.29 is 9.53 Å². The first kappa shape index (κ1) is 21.4. The average molecular weight is 463 g/mol. The minimum Gasteiger partial charge on any atom is -0.467 e. The number of benzene rings is 1. The van der Waals surface area contributed by atoms with Gasteiger partial charge >= 0.3 is 6.01 Å². The minimum atomic E-state index is -0.391. The summed E-state index contributed by atoms with van der Waals surface area (Å²) in [5.74, 6) is 0. The second kappa shape index (κ2) is 9.17. The number of carbonyl (C=O) groups is 1. The van der Waals surface area contributed by atoms with Crippen LogP contribution in [0.4, 0.5) is 5.69 Å². The van der Waals surface area contributed by atoms with Crippen LogP contribution in [0, 0.1) is 0 Å². The number of carbonyl (C=O) groups excluding carboxylic acids is 1. The maximum Gasteiger partial charge on any atom is 0.316 e. The maximum atomic E-state index is 12.1. The molecular formula is C24H23ClN6O2. The molecular weight excluding hydrogens is 440 g/mol. The molecule has 1 aliphatic rings. The monoisotopic (exact) mass is 462 g/mol. The lowest BCUT2D eigenvalue weighted by Crippen LogP contribution is -2.49. The SMILES string of the molecule is COc1ncc(-c2ccccc2N2CCN(C(C=O)n3ccc4nc(Cl)ccc43)CC2)cn1.